The molecule has 1 aromatic heterocycles. The minimum Gasteiger partial charge on any atom is -0.508 e. The molecule has 8 nitrogen and oxygen atoms in total. The number of aliphatic hydroxyl groups is 1. The lowest BCUT2D eigenvalue weighted by atomic mass is 9.95. The Morgan fingerprint density at radius 1 is 0.973 bits per heavy atom. The fourth-order valence-electron chi connectivity index (χ4n) is 4.81. The van der Waals surface area contributed by atoms with Crippen LogP contribution in [0.25, 0.3) is 16.7 Å². The zero-order valence-electron chi connectivity index (χ0n) is 20.4. The van der Waals surface area contributed by atoms with Gasteiger partial charge in [-0.25, -0.2) is 0 Å². The Labute approximate surface area is 213 Å². The first-order chi connectivity index (χ1) is 17.9. The van der Waals surface area contributed by atoms with Crippen LogP contribution in [-0.4, -0.2) is 52.6 Å². The quantitative estimate of drug-likeness (QED) is 0.196. The summed E-state index contributed by atoms with van der Waals surface area (Å²) in [6.45, 7) is 0.212. The van der Waals surface area contributed by atoms with Crippen molar-refractivity contribution in [1.29, 1.82) is 0 Å². The Morgan fingerprint density at radius 2 is 1.73 bits per heavy atom. The van der Waals surface area contributed by atoms with Crippen molar-refractivity contribution in [2.24, 2.45) is 0 Å². The lowest BCUT2D eigenvalue weighted by Crippen LogP contribution is -2.31. The van der Waals surface area contributed by atoms with E-state index in [0.29, 0.717) is 29.0 Å². The van der Waals surface area contributed by atoms with Gasteiger partial charge >= 0.3 is 0 Å². The first kappa shape index (κ1) is 24.0. The number of ketones is 1. The topological polar surface area (TPSA) is 112 Å². The van der Waals surface area contributed by atoms with Crippen LogP contribution in [0.5, 0.6) is 17.2 Å². The first-order valence-corrected chi connectivity index (χ1v) is 11.8. The molecule has 1 fully saturated rings. The number of hydrogen-bond acceptors (Lipinski definition) is 6. The monoisotopic (exact) mass is 498 g/mol. The number of carbonyl (C=O) groups excluding carboxylic acids is 2. The summed E-state index contributed by atoms with van der Waals surface area (Å²) in [5, 5.41) is 22.4. The van der Waals surface area contributed by atoms with E-state index in [1.807, 2.05) is 24.4 Å². The van der Waals surface area contributed by atoms with Gasteiger partial charge in [0.15, 0.2) is 0 Å². The second-order valence-electron chi connectivity index (χ2n) is 8.79. The Kier molecular flexibility index (Phi) is 6.31. The number of aromatic hydroxyl groups is 1. The number of amides is 1. The number of aliphatic hydroxyl groups excluding tert-OH is 1. The molecule has 1 saturated heterocycles. The number of H-pyrrole nitrogens is 1. The van der Waals surface area contributed by atoms with Gasteiger partial charge in [-0.15, -0.1) is 0 Å². The van der Waals surface area contributed by atoms with E-state index in [2.05, 4.69) is 4.98 Å². The number of nitrogens with one attached hydrogen (secondary N) is 1. The van der Waals surface area contributed by atoms with Gasteiger partial charge in [-0.3, -0.25) is 9.59 Å². The molecule has 3 aromatic carbocycles. The number of likely N-dealkylation sites (tertiary alicyclic amines) is 1. The van der Waals surface area contributed by atoms with Gasteiger partial charge in [0, 0.05) is 29.2 Å². The molecule has 0 unspecified atom stereocenters. The molecule has 0 radical (unpaired) electrons. The van der Waals surface area contributed by atoms with Crippen molar-refractivity contribution in [3.63, 3.8) is 0 Å². The van der Waals surface area contributed by atoms with E-state index in [-0.39, 0.29) is 23.6 Å². The second-order valence-corrected chi connectivity index (χ2v) is 8.79. The standard InChI is InChI=1S/C29H26N2O6/c1-36-21-8-4-6-18(14-21)27(33)25-26(17-5-3-7-20(32)13-17)31(29(35)28(25)34)12-11-19-16-30-24-10-9-22(37-2)15-23(19)24/h3-10,13-16,26,30,32-33H,11-12H2,1-2H3/t26-/m0/s1. The maximum absolute atomic E-state index is 13.3. The molecule has 1 amide bonds. The number of nitrogens with zero attached hydrogens (tertiary/aromatic N) is 1. The van der Waals surface area contributed by atoms with Gasteiger partial charge in [0.1, 0.15) is 23.0 Å². The van der Waals surface area contributed by atoms with Gasteiger partial charge in [-0.05, 0) is 60.0 Å². The van der Waals surface area contributed by atoms with Gasteiger partial charge in [0.2, 0.25) is 0 Å². The molecule has 1 aliphatic rings. The molecule has 0 bridgehead atoms. The van der Waals surface area contributed by atoms with Crippen LogP contribution in [0.3, 0.4) is 0 Å². The molecule has 3 N–H and O–H groups in total. The number of carbonyl (C=O) groups is 2. The third-order valence-corrected chi connectivity index (χ3v) is 6.67. The van der Waals surface area contributed by atoms with E-state index >= 15 is 0 Å². The average molecular weight is 499 g/mol. The van der Waals surface area contributed by atoms with Gasteiger partial charge in [-0.2, -0.15) is 0 Å². The normalized spacial score (nSPS) is 16.9. The van der Waals surface area contributed by atoms with E-state index < -0.39 is 17.7 Å². The van der Waals surface area contributed by atoms with Gasteiger partial charge in [-0.1, -0.05) is 24.3 Å². The molecule has 37 heavy (non-hydrogen) atoms. The number of aromatic nitrogens is 1. The van der Waals surface area contributed by atoms with Gasteiger partial charge < -0.3 is 29.6 Å². The van der Waals surface area contributed by atoms with Crippen molar-refractivity contribution in [3.8, 4) is 17.2 Å². The maximum Gasteiger partial charge on any atom is 0.295 e. The van der Waals surface area contributed by atoms with Crippen LogP contribution >= 0.6 is 0 Å². The summed E-state index contributed by atoms with van der Waals surface area (Å²) >= 11 is 0. The van der Waals surface area contributed by atoms with Crippen molar-refractivity contribution in [2.45, 2.75) is 12.5 Å². The minimum atomic E-state index is -0.877. The van der Waals surface area contributed by atoms with E-state index in [1.165, 1.54) is 24.1 Å². The smallest absolute Gasteiger partial charge is 0.295 e. The molecule has 5 rings (SSSR count). The number of benzene rings is 3. The van der Waals surface area contributed by atoms with Crippen LogP contribution in [0.1, 0.15) is 22.7 Å². The van der Waals surface area contributed by atoms with Crippen LogP contribution in [0, 0.1) is 0 Å². The minimum absolute atomic E-state index is 0.00630. The number of phenolic OH excluding ortho intramolecular Hbond substituents is 1. The average Bonchev–Trinajstić information content (AvgIpc) is 3.44. The lowest BCUT2D eigenvalue weighted by Gasteiger charge is -2.25. The molecule has 1 atom stereocenters. The highest BCUT2D eigenvalue weighted by Crippen LogP contribution is 2.40. The molecule has 0 spiro atoms. The molecule has 8 heteroatoms. The highest BCUT2D eigenvalue weighted by Gasteiger charge is 2.46. The molecule has 1 aliphatic heterocycles. The van der Waals surface area contributed by atoms with Crippen molar-refractivity contribution in [1.82, 2.24) is 9.88 Å². The number of rotatable bonds is 7. The Hall–Kier alpha value is -4.72. The molecule has 2 heterocycles. The number of methoxy groups -OCH3 is 2. The third-order valence-electron chi connectivity index (χ3n) is 6.67. The second kappa shape index (κ2) is 9.73. The summed E-state index contributed by atoms with van der Waals surface area (Å²) in [6.07, 6.45) is 2.33. The number of fused-ring (bicyclic) bond motifs is 1. The predicted molar refractivity (Wildman–Crippen MR) is 139 cm³/mol. The fourth-order valence-corrected chi connectivity index (χ4v) is 4.81. The summed E-state index contributed by atoms with van der Waals surface area (Å²) in [5.74, 6) is -0.587. The lowest BCUT2D eigenvalue weighted by molar-refractivity contribution is -0.139. The van der Waals surface area contributed by atoms with Crippen LogP contribution < -0.4 is 9.47 Å². The van der Waals surface area contributed by atoms with E-state index in [9.17, 15) is 19.8 Å². The van der Waals surface area contributed by atoms with Gasteiger partial charge in [0.05, 0.1) is 25.8 Å². The number of Topliss-reactive ketones (excluding diaryl/α,β-unsaturated/α-hetero) is 1. The number of hydrogen-bond donors (Lipinski definition) is 3. The Balaban J connectivity index is 1.56. The third kappa shape index (κ3) is 4.38. The SMILES string of the molecule is COc1cccc(C(O)=C2C(=O)C(=O)N(CCc3c[nH]c4ccc(OC)cc34)[C@H]2c2cccc(O)c2)c1. The van der Waals surface area contributed by atoms with Gasteiger partial charge in [0.25, 0.3) is 11.7 Å². The van der Waals surface area contributed by atoms with Crippen molar-refractivity contribution < 1.29 is 29.3 Å². The highest BCUT2D eigenvalue weighted by atomic mass is 16.5. The fraction of sp³-hybridized carbons (Fsp3) is 0.172. The summed E-state index contributed by atoms with van der Waals surface area (Å²) < 4.78 is 10.6. The Bertz CT molecular complexity index is 1540. The van der Waals surface area contributed by atoms with E-state index in [0.717, 1.165) is 16.5 Å². The number of phenols is 1. The summed E-state index contributed by atoms with van der Waals surface area (Å²) in [5.41, 5.74) is 2.72. The predicted octanol–water partition coefficient (Wildman–Crippen LogP) is 4.56. The van der Waals surface area contributed by atoms with E-state index in [1.54, 1.807) is 43.5 Å². The first-order valence-electron chi connectivity index (χ1n) is 11.8. The van der Waals surface area contributed by atoms with Crippen LogP contribution in [0.2, 0.25) is 0 Å². The molecule has 0 aliphatic carbocycles. The van der Waals surface area contributed by atoms with Crippen molar-refractivity contribution in [3.05, 3.63) is 95.2 Å². The largest absolute Gasteiger partial charge is 0.508 e. The van der Waals surface area contributed by atoms with Crippen molar-refractivity contribution >= 4 is 28.4 Å². The maximum atomic E-state index is 13.3. The van der Waals surface area contributed by atoms with Crippen LogP contribution in [0.15, 0.2) is 78.5 Å². The zero-order valence-corrected chi connectivity index (χ0v) is 20.4. The molecule has 188 valence electrons. The molecule has 4 aromatic rings. The number of aromatic amines is 1. The number of ether oxygens (including phenoxy) is 2. The summed E-state index contributed by atoms with van der Waals surface area (Å²) in [6, 6.07) is 17.9. The van der Waals surface area contributed by atoms with E-state index in [4.69, 9.17) is 9.47 Å². The van der Waals surface area contributed by atoms with Crippen molar-refractivity contribution in [2.75, 3.05) is 20.8 Å². The molecular formula is C29H26N2O6. The summed E-state index contributed by atoms with van der Waals surface area (Å²) in [4.78, 5) is 31.2. The van der Waals surface area contributed by atoms with Crippen LogP contribution in [0.4, 0.5) is 0 Å². The molecule has 0 saturated carbocycles. The molecular weight excluding hydrogens is 472 g/mol. The highest BCUT2D eigenvalue weighted by molar-refractivity contribution is 6.46. The summed E-state index contributed by atoms with van der Waals surface area (Å²) in [7, 11) is 3.11. The zero-order chi connectivity index (χ0) is 26.1. The Morgan fingerprint density at radius 3 is 2.49 bits per heavy atom. The van der Waals surface area contributed by atoms with Crippen LogP contribution in [-0.2, 0) is 16.0 Å².